The molecule has 1 aliphatic carbocycles. The van der Waals surface area contributed by atoms with Crippen molar-refractivity contribution in [1.82, 2.24) is 36.4 Å². The molecule has 5 rings (SSSR count). The van der Waals surface area contributed by atoms with Crippen LogP contribution in [0.2, 0.25) is 0 Å². The van der Waals surface area contributed by atoms with E-state index in [0.717, 1.165) is 0 Å². The number of hydroxylamine groups is 1. The predicted octanol–water partition coefficient (Wildman–Crippen LogP) is -0.0654. The molecule has 4 unspecified atom stereocenters. The van der Waals surface area contributed by atoms with Gasteiger partial charge < -0.3 is 24.1 Å². The average molecular weight is 389 g/mol. The smallest absolute Gasteiger partial charge is 0.341 e. The van der Waals surface area contributed by atoms with Crippen LogP contribution >= 0.6 is 0 Å². The maximum absolute atomic E-state index is 13.1. The van der Waals surface area contributed by atoms with Gasteiger partial charge in [0.2, 0.25) is 0 Å². The first-order chi connectivity index (χ1) is 13.7. The molecule has 2 N–H and O–H groups in total. The molecule has 12 nitrogen and oxygen atoms in total. The molecule has 0 bridgehead atoms. The lowest BCUT2D eigenvalue weighted by Gasteiger charge is -2.36. The van der Waals surface area contributed by atoms with Crippen LogP contribution in [0, 0.1) is 11.8 Å². The van der Waals surface area contributed by atoms with E-state index < -0.39 is 17.4 Å². The van der Waals surface area contributed by atoms with Gasteiger partial charge >= 0.3 is 6.09 Å². The van der Waals surface area contributed by atoms with Crippen molar-refractivity contribution in [1.29, 1.82) is 0 Å². The van der Waals surface area contributed by atoms with Crippen molar-refractivity contribution >= 4 is 12.0 Å². The lowest BCUT2D eigenvalue weighted by atomic mass is 9.73. The van der Waals surface area contributed by atoms with Gasteiger partial charge in [0.15, 0.2) is 11.5 Å². The first-order valence-corrected chi connectivity index (χ1v) is 9.20. The number of rotatable bonds is 3. The molecule has 0 spiro atoms. The minimum absolute atomic E-state index is 0.276. The summed E-state index contributed by atoms with van der Waals surface area (Å²) in [6.07, 6.45) is 4.19. The highest BCUT2D eigenvalue weighted by Gasteiger charge is 2.50. The Morgan fingerprint density at radius 3 is 2.71 bits per heavy atom. The molecule has 2 amide bonds. The first-order valence-electron chi connectivity index (χ1n) is 9.20. The van der Waals surface area contributed by atoms with Crippen molar-refractivity contribution in [3.63, 3.8) is 0 Å². The lowest BCUT2D eigenvalue weighted by molar-refractivity contribution is -0.138. The zero-order valence-electron chi connectivity index (χ0n) is 14.9. The molecule has 2 aromatic rings. The van der Waals surface area contributed by atoms with Crippen LogP contribution in [-0.4, -0.2) is 57.3 Å². The van der Waals surface area contributed by atoms with E-state index in [9.17, 15) is 9.59 Å². The van der Waals surface area contributed by atoms with Crippen molar-refractivity contribution in [3.05, 3.63) is 23.9 Å². The van der Waals surface area contributed by atoms with E-state index in [1.165, 1.54) is 18.8 Å². The summed E-state index contributed by atoms with van der Waals surface area (Å²) in [6, 6.07) is -0.319. The summed E-state index contributed by atoms with van der Waals surface area (Å²) in [5, 5.41) is 17.6. The topological polar surface area (TPSA) is 149 Å². The van der Waals surface area contributed by atoms with Gasteiger partial charge in [-0.05, 0) is 37.6 Å². The molecule has 2 saturated heterocycles. The summed E-state index contributed by atoms with van der Waals surface area (Å²) in [5.74, 6) is 1.45. The van der Waals surface area contributed by atoms with E-state index in [4.69, 9.17) is 13.9 Å². The van der Waals surface area contributed by atoms with Crippen LogP contribution < -0.4 is 10.8 Å². The third-order valence-corrected chi connectivity index (χ3v) is 5.95. The van der Waals surface area contributed by atoms with Crippen LogP contribution in [0.3, 0.4) is 0 Å². The van der Waals surface area contributed by atoms with Crippen LogP contribution in [0.5, 0.6) is 0 Å². The van der Waals surface area contributed by atoms with Crippen molar-refractivity contribution < 1.29 is 23.5 Å². The summed E-state index contributed by atoms with van der Waals surface area (Å²) in [6.45, 7) is 1.85. The Morgan fingerprint density at radius 2 is 2.00 bits per heavy atom. The van der Waals surface area contributed by atoms with Gasteiger partial charge in [0.1, 0.15) is 5.41 Å². The largest absolute Gasteiger partial charge is 0.434 e. The van der Waals surface area contributed by atoms with Crippen LogP contribution in [0.25, 0.3) is 0 Å². The number of nitrogens with zero attached hydrogens (tertiary/aromatic N) is 5. The molecule has 12 heteroatoms. The number of hydrogen-bond acceptors (Lipinski definition) is 10. The molecular weight excluding hydrogens is 370 g/mol. The van der Waals surface area contributed by atoms with E-state index in [2.05, 4.69) is 31.5 Å². The Kier molecular flexibility index (Phi) is 4.00. The van der Waals surface area contributed by atoms with Gasteiger partial charge in [-0.1, -0.05) is 0 Å². The van der Waals surface area contributed by atoms with Crippen LogP contribution in [0.4, 0.5) is 4.79 Å². The molecule has 1 saturated carbocycles. The quantitative estimate of drug-likeness (QED) is 0.683. The highest BCUT2D eigenvalue weighted by Crippen LogP contribution is 2.45. The molecule has 4 heterocycles. The number of nitrogens with one attached hydrogen (secondary N) is 2. The summed E-state index contributed by atoms with van der Waals surface area (Å²) < 4.78 is 10.4. The van der Waals surface area contributed by atoms with Gasteiger partial charge in [0, 0.05) is 23.6 Å². The number of aromatic nitrogens is 4. The Balaban J connectivity index is 1.31. The summed E-state index contributed by atoms with van der Waals surface area (Å²) in [7, 11) is 0. The molecule has 3 fully saturated rings. The summed E-state index contributed by atoms with van der Waals surface area (Å²) in [5.41, 5.74) is 1.19. The second-order valence-corrected chi connectivity index (χ2v) is 7.60. The second-order valence-electron chi connectivity index (χ2n) is 7.60. The predicted molar refractivity (Wildman–Crippen MR) is 88.0 cm³/mol. The normalized spacial score (nSPS) is 31.3. The number of carbonyl (C=O) groups is 2. The highest BCUT2D eigenvalue weighted by molar-refractivity contribution is 5.88. The molecule has 0 radical (unpaired) electrons. The van der Waals surface area contributed by atoms with E-state index >= 15 is 0 Å². The maximum atomic E-state index is 13.1. The summed E-state index contributed by atoms with van der Waals surface area (Å²) in [4.78, 5) is 32.1. The van der Waals surface area contributed by atoms with Gasteiger partial charge in [0.25, 0.3) is 5.91 Å². The molecule has 148 valence electrons. The van der Waals surface area contributed by atoms with E-state index in [1.54, 1.807) is 4.90 Å². The van der Waals surface area contributed by atoms with Crippen molar-refractivity contribution in [2.24, 2.45) is 11.8 Å². The number of likely N-dealkylation sites (tertiary alicyclic amines) is 1. The number of amides is 2. The van der Waals surface area contributed by atoms with Gasteiger partial charge in [-0.25, -0.2) is 4.79 Å². The Bertz CT molecular complexity index is 847. The SMILES string of the molecule is O=C(ONC(=O)C1(c2cnno2)CCNC(c2cnno2)C1)N1CC2CC2C1. The Labute approximate surface area is 158 Å². The minimum atomic E-state index is -1.13. The fraction of sp³-hybridized carbons (Fsp3) is 0.625. The van der Waals surface area contributed by atoms with Crippen molar-refractivity contribution in [3.8, 4) is 0 Å². The summed E-state index contributed by atoms with van der Waals surface area (Å²) >= 11 is 0. The van der Waals surface area contributed by atoms with Crippen molar-refractivity contribution in [2.45, 2.75) is 30.7 Å². The first kappa shape index (κ1) is 17.1. The number of carbonyl (C=O) groups excluding carboxylic acids is 2. The van der Waals surface area contributed by atoms with Gasteiger partial charge in [-0.3, -0.25) is 4.79 Å². The molecule has 4 atom stereocenters. The Hall–Kier alpha value is -3.02. The number of fused-ring (bicyclic) bond motifs is 1. The van der Waals surface area contributed by atoms with Gasteiger partial charge in [0.05, 0.1) is 18.4 Å². The zero-order chi connectivity index (χ0) is 19.1. The number of hydrogen-bond donors (Lipinski definition) is 2. The molecular formula is C16H19N7O5. The van der Waals surface area contributed by atoms with E-state index in [-0.39, 0.29) is 12.5 Å². The molecule has 0 aromatic carbocycles. The van der Waals surface area contributed by atoms with Gasteiger partial charge in [-0.15, -0.1) is 10.2 Å². The molecule has 3 aliphatic rings. The third kappa shape index (κ3) is 2.89. The monoisotopic (exact) mass is 389 g/mol. The van der Waals surface area contributed by atoms with E-state index in [0.29, 0.717) is 49.4 Å². The maximum Gasteiger partial charge on any atom is 0.434 e. The fourth-order valence-corrected chi connectivity index (χ4v) is 4.23. The second kappa shape index (κ2) is 6.55. The Morgan fingerprint density at radius 1 is 1.21 bits per heavy atom. The molecule has 2 aromatic heterocycles. The van der Waals surface area contributed by atoms with Crippen LogP contribution in [-0.2, 0) is 15.0 Å². The standard InChI is InChI=1S/C16H19N7O5/c24-14(20-28-15(25)23-7-9-3-10(9)8-23)16(13-6-19-22-27-13)1-2-17-11(4-16)12-5-18-21-26-12/h5-6,9-11,17H,1-4,7-8H2,(H,20,24). The lowest BCUT2D eigenvalue weighted by Crippen LogP contribution is -2.52. The highest BCUT2D eigenvalue weighted by atomic mass is 16.7. The number of piperidine rings is 2. The van der Waals surface area contributed by atoms with Crippen molar-refractivity contribution in [2.75, 3.05) is 19.6 Å². The van der Waals surface area contributed by atoms with Gasteiger partial charge in [-0.2, -0.15) is 5.48 Å². The third-order valence-electron chi connectivity index (χ3n) is 5.95. The fourth-order valence-electron chi connectivity index (χ4n) is 4.23. The zero-order valence-corrected chi connectivity index (χ0v) is 14.9. The average Bonchev–Trinajstić information content (AvgIpc) is 3.25. The van der Waals surface area contributed by atoms with E-state index in [1.807, 2.05) is 0 Å². The van der Waals surface area contributed by atoms with Crippen LogP contribution in [0.1, 0.15) is 36.8 Å². The molecule has 28 heavy (non-hydrogen) atoms. The van der Waals surface area contributed by atoms with Crippen LogP contribution in [0.15, 0.2) is 21.4 Å². The minimum Gasteiger partial charge on any atom is -0.341 e. The molecule has 2 aliphatic heterocycles.